The third-order valence-corrected chi connectivity index (χ3v) is 4.09. The van der Waals surface area contributed by atoms with Gasteiger partial charge < -0.3 is 9.73 Å². The summed E-state index contributed by atoms with van der Waals surface area (Å²) >= 11 is 2.79. The fourth-order valence-corrected chi connectivity index (χ4v) is 2.65. The van der Waals surface area contributed by atoms with Gasteiger partial charge in [0.25, 0.3) is 5.22 Å². The van der Waals surface area contributed by atoms with Crippen LogP contribution in [0.15, 0.2) is 33.9 Å². The van der Waals surface area contributed by atoms with E-state index in [4.69, 9.17) is 9.68 Å². The van der Waals surface area contributed by atoms with Crippen LogP contribution in [0.2, 0.25) is 0 Å². The van der Waals surface area contributed by atoms with Crippen LogP contribution in [0.5, 0.6) is 0 Å². The molecular weight excluding hydrogens is 320 g/mol. The van der Waals surface area contributed by atoms with Gasteiger partial charge >= 0.3 is 0 Å². The number of benzene rings is 1. The van der Waals surface area contributed by atoms with E-state index in [1.807, 2.05) is 12.3 Å². The molecule has 0 spiro atoms. The van der Waals surface area contributed by atoms with Crippen molar-refractivity contribution in [3.05, 3.63) is 35.7 Å². The van der Waals surface area contributed by atoms with E-state index >= 15 is 0 Å². The third-order valence-electron chi connectivity index (χ3n) is 2.62. The highest BCUT2D eigenvalue weighted by Crippen LogP contribution is 2.24. The van der Waals surface area contributed by atoms with Gasteiger partial charge in [-0.1, -0.05) is 17.8 Å². The average molecular weight is 334 g/mol. The molecule has 0 saturated carbocycles. The second kappa shape index (κ2) is 7.87. The number of hydrogen-bond acceptors (Lipinski definition) is 7. The number of nitrogens with one attached hydrogen (secondary N) is 1. The van der Waals surface area contributed by atoms with Gasteiger partial charge in [-0.3, -0.25) is 4.79 Å². The highest BCUT2D eigenvalue weighted by Gasteiger charge is 2.18. The fourth-order valence-electron chi connectivity index (χ4n) is 1.58. The zero-order valence-electron chi connectivity index (χ0n) is 12.1. The summed E-state index contributed by atoms with van der Waals surface area (Å²) < 4.78 is 5.43. The number of thioether (sulfide) groups is 2. The molecule has 8 heteroatoms. The molecule has 2 rings (SSSR count). The zero-order chi connectivity index (χ0) is 15.9. The number of anilines is 1. The molecule has 1 aromatic heterocycles. The van der Waals surface area contributed by atoms with Gasteiger partial charge in [0, 0.05) is 5.69 Å². The van der Waals surface area contributed by atoms with Crippen molar-refractivity contribution in [1.29, 1.82) is 5.26 Å². The van der Waals surface area contributed by atoms with Crippen molar-refractivity contribution in [2.75, 3.05) is 11.6 Å². The van der Waals surface area contributed by atoms with Crippen LogP contribution in [-0.2, 0) is 10.5 Å². The molecule has 114 valence electrons. The molecule has 0 fully saturated rings. The Morgan fingerprint density at radius 2 is 2.32 bits per heavy atom. The second-order valence-electron chi connectivity index (χ2n) is 4.34. The van der Waals surface area contributed by atoms with E-state index in [1.165, 1.54) is 11.8 Å². The molecule has 1 amide bonds. The van der Waals surface area contributed by atoms with Crippen LogP contribution >= 0.6 is 23.5 Å². The standard InChI is InChI=1S/C14H14N4O2S2/c1-9(22-14-18-17-12(20-14)8-21-2)13(19)16-11-5-3-4-10(6-11)7-15/h3-6,9H,8H2,1-2H3,(H,16,19). The molecule has 0 radical (unpaired) electrons. The monoisotopic (exact) mass is 334 g/mol. The normalized spacial score (nSPS) is 11.7. The maximum absolute atomic E-state index is 12.1. The SMILES string of the molecule is CSCc1nnc(SC(C)C(=O)Nc2cccc(C#N)c2)o1. The largest absolute Gasteiger partial charge is 0.415 e. The molecule has 1 heterocycles. The summed E-state index contributed by atoms with van der Waals surface area (Å²) in [5.41, 5.74) is 1.09. The van der Waals surface area contributed by atoms with Crippen molar-refractivity contribution in [2.45, 2.75) is 23.1 Å². The third kappa shape index (κ3) is 4.51. The molecule has 0 saturated heterocycles. The second-order valence-corrected chi connectivity index (χ2v) is 6.49. The van der Waals surface area contributed by atoms with Crippen LogP contribution in [-0.4, -0.2) is 27.6 Å². The van der Waals surface area contributed by atoms with Crippen LogP contribution in [0.4, 0.5) is 5.69 Å². The molecule has 22 heavy (non-hydrogen) atoms. The first-order valence-electron chi connectivity index (χ1n) is 6.41. The van der Waals surface area contributed by atoms with Crippen molar-refractivity contribution >= 4 is 35.1 Å². The van der Waals surface area contributed by atoms with Crippen LogP contribution in [0.25, 0.3) is 0 Å². The number of amides is 1. The summed E-state index contributed by atoms with van der Waals surface area (Å²) in [4.78, 5) is 12.1. The Labute approximate surface area is 136 Å². The Bertz CT molecular complexity index is 696. The summed E-state index contributed by atoms with van der Waals surface area (Å²) in [6, 6.07) is 8.79. The zero-order valence-corrected chi connectivity index (χ0v) is 13.7. The van der Waals surface area contributed by atoms with E-state index in [9.17, 15) is 4.79 Å². The van der Waals surface area contributed by atoms with E-state index in [2.05, 4.69) is 15.5 Å². The molecule has 1 N–H and O–H groups in total. The molecule has 1 aromatic carbocycles. The van der Waals surface area contributed by atoms with Gasteiger partial charge in [0.15, 0.2) is 0 Å². The topological polar surface area (TPSA) is 91.8 Å². The molecule has 6 nitrogen and oxygen atoms in total. The predicted octanol–water partition coefficient (Wildman–Crippen LogP) is 2.92. The van der Waals surface area contributed by atoms with Crippen molar-refractivity contribution in [3.8, 4) is 6.07 Å². The molecular formula is C14H14N4O2S2. The van der Waals surface area contributed by atoms with Crippen LogP contribution in [0, 0.1) is 11.3 Å². The van der Waals surface area contributed by atoms with E-state index in [0.717, 1.165) is 0 Å². The average Bonchev–Trinajstić information content (AvgIpc) is 2.95. The number of nitrogens with zero attached hydrogens (tertiary/aromatic N) is 3. The molecule has 0 aliphatic carbocycles. The highest BCUT2D eigenvalue weighted by atomic mass is 32.2. The summed E-state index contributed by atoms with van der Waals surface area (Å²) in [5, 5.41) is 19.4. The van der Waals surface area contributed by atoms with Crippen molar-refractivity contribution in [2.24, 2.45) is 0 Å². The smallest absolute Gasteiger partial charge is 0.277 e. The molecule has 0 aliphatic rings. The van der Waals surface area contributed by atoms with Crippen LogP contribution < -0.4 is 5.32 Å². The first-order valence-corrected chi connectivity index (χ1v) is 8.68. The van der Waals surface area contributed by atoms with Crippen molar-refractivity contribution < 1.29 is 9.21 Å². The van der Waals surface area contributed by atoms with Gasteiger partial charge in [-0.2, -0.15) is 17.0 Å². The minimum atomic E-state index is -0.395. The van der Waals surface area contributed by atoms with Gasteiger partial charge in [-0.25, -0.2) is 0 Å². The van der Waals surface area contributed by atoms with Gasteiger partial charge in [0.1, 0.15) is 0 Å². The minimum Gasteiger partial charge on any atom is -0.415 e. The van der Waals surface area contributed by atoms with E-state index in [1.54, 1.807) is 43.0 Å². The maximum atomic E-state index is 12.1. The lowest BCUT2D eigenvalue weighted by molar-refractivity contribution is -0.115. The van der Waals surface area contributed by atoms with Gasteiger partial charge in [0.05, 0.1) is 22.6 Å². The molecule has 1 atom stereocenters. The van der Waals surface area contributed by atoms with Crippen molar-refractivity contribution in [1.82, 2.24) is 10.2 Å². The first-order chi connectivity index (χ1) is 10.6. The maximum Gasteiger partial charge on any atom is 0.277 e. The van der Waals surface area contributed by atoms with E-state index < -0.39 is 5.25 Å². The Morgan fingerprint density at radius 1 is 1.50 bits per heavy atom. The lowest BCUT2D eigenvalue weighted by atomic mass is 10.2. The molecule has 1 unspecified atom stereocenters. The molecule has 0 bridgehead atoms. The number of carbonyl (C=O) groups is 1. The predicted molar refractivity (Wildman–Crippen MR) is 86.6 cm³/mol. The fraction of sp³-hybridized carbons (Fsp3) is 0.286. The Hall–Kier alpha value is -1.98. The number of hydrogen-bond donors (Lipinski definition) is 1. The van der Waals surface area contributed by atoms with E-state index in [-0.39, 0.29) is 5.91 Å². The summed E-state index contributed by atoms with van der Waals surface area (Å²) in [6.45, 7) is 1.76. The molecule has 2 aromatic rings. The Balaban J connectivity index is 1.95. The Morgan fingerprint density at radius 3 is 3.05 bits per heavy atom. The van der Waals surface area contributed by atoms with Crippen LogP contribution in [0.1, 0.15) is 18.4 Å². The van der Waals surface area contributed by atoms with Gasteiger partial charge in [-0.05, 0) is 31.4 Å². The lowest BCUT2D eigenvalue weighted by Crippen LogP contribution is -2.22. The number of nitriles is 1. The molecule has 0 aliphatic heterocycles. The summed E-state index contributed by atoms with van der Waals surface area (Å²) in [5.74, 6) is 1.00. The Kier molecular flexibility index (Phi) is 5.86. The summed E-state index contributed by atoms with van der Waals surface area (Å²) in [6.07, 6.45) is 1.95. The van der Waals surface area contributed by atoms with Gasteiger partial charge in [-0.15, -0.1) is 10.2 Å². The number of carbonyl (C=O) groups excluding carboxylic acids is 1. The quantitative estimate of drug-likeness (QED) is 0.812. The number of rotatable bonds is 6. The lowest BCUT2D eigenvalue weighted by Gasteiger charge is -2.09. The van der Waals surface area contributed by atoms with E-state index in [0.29, 0.717) is 28.1 Å². The van der Waals surface area contributed by atoms with Gasteiger partial charge in [0.2, 0.25) is 11.8 Å². The minimum absolute atomic E-state index is 0.190. The number of aromatic nitrogens is 2. The highest BCUT2D eigenvalue weighted by molar-refractivity contribution is 8.00. The van der Waals surface area contributed by atoms with Crippen LogP contribution in [0.3, 0.4) is 0 Å². The van der Waals surface area contributed by atoms with Crippen molar-refractivity contribution in [3.63, 3.8) is 0 Å². The first kappa shape index (κ1) is 16.4. The summed E-state index contributed by atoms with van der Waals surface area (Å²) in [7, 11) is 0.